The lowest BCUT2D eigenvalue weighted by molar-refractivity contribution is -0.130. The highest BCUT2D eigenvalue weighted by molar-refractivity contribution is 7.88. The fourth-order valence-electron chi connectivity index (χ4n) is 2.53. The number of nitrogens with zero attached hydrogens (tertiary/aromatic N) is 1. The predicted molar refractivity (Wildman–Crippen MR) is 57.2 cm³/mol. The summed E-state index contributed by atoms with van der Waals surface area (Å²) in [4.78, 5) is 11.9. The third-order valence-electron chi connectivity index (χ3n) is 3.23. The van der Waals surface area contributed by atoms with Gasteiger partial charge in [-0.05, 0) is 11.8 Å². The summed E-state index contributed by atoms with van der Waals surface area (Å²) in [5.74, 6) is -0.561. The Hall–Kier alpha value is -0.620. The van der Waals surface area contributed by atoms with Crippen molar-refractivity contribution in [1.82, 2.24) is 9.03 Å². The smallest absolute Gasteiger partial charge is 0.272 e. The Labute approximate surface area is 91.0 Å². The van der Waals surface area contributed by atoms with E-state index in [1.54, 1.807) is 0 Å². The molecule has 0 unspecified atom stereocenters. The first-order valence-corrected chi connectivity index (χ1v) is 6.42. The Bertz CT molecular complexity index is 365. The van der Waals surface area contributed by atoms with Crippen LogP contribution in [-0.2, 0) is 15.0 Å². The Morgan fingerprint density at radius 1 is 1.20 bits per heavy atom. The predicted octanol–water partition coefficient (Wildman–Crippen LogP) is 0.344. The fourth-order valence-corrected chi connectivity index (χ4v) is 3.96. The van der Waals surface area contributed by atoms with Crippen molar-refractivity contribution in [3.63, 3.8) is 0 Å². The maximum atomic E-state index is 11.9. The molecule has 1 saturated heterocycles. The Morgan fingerprint density at radius 3 is 1.73 bits per heavy atom. The second kappa shape index (κ2) is 3.45. The fraction of sp³-hybridized carbons (Fsp3) is 0.889. The van der Waals surface area contributed by atoms with E-state index in [4.69, 9.17) is 0 Å². The van der Waals surface area contributed by atoms with Gasteiger partial charge in [0.25, 0.3) is 5.91 Å². The normalized spacial score (nSPS) is 24.9. The lowest BCUT2D eigenvalue weighted by atomic mass is 9.76. The van der Waals surface area contributed by atoms with Crippen LogP contribution in [0.4, 0.5) is 0 Å². The molecule has 0 aromatic heterocycles. The maximum absolute atomic E-state index is 11.9. The molecule has 0 saturated carbocycles. The van der Waals surface area contributed by atoms with Crippen LogP contribution < -0.4 is 4.72 Å². The number of carbonyl (C=O) groups excluding carboxylic acids is 1. The summed E-state index contributed by atoms with van der Waals surface area (Å²) in [6, 6.07) is 0. The average molecular weight is 234 g/mol. The van der Waals surface area contributed by atoms with Gasteiger partial charge in [-0.25, -0.2) is 4.72 Å². The van der Waals surface area contributed by atoms with E-state index in [2.05, 4.69) is 4.72 Å². The minimum atomic E-state index is -3.64. The molecule has 6 heteroatoms. The van der Waals surface area contributed by atoms with Crippen LogP contribution in [0.5, 0.6) is 0 Å². The van der Waals surface area contributed by atoms with Crippen LogP contribution in [0.1, 0.15) is 27.7 Å². The topological polar surface area (TPSA) is 66.5 Å². The van der Waals surface area contributed by atoms with Gasteiger partial charge in [-0.3, -0.25) is 4.79 Å². The van der Waals surface area contributed by atoms with Crippen molar-refractivity contribution in [3.05, 3.63) is 0 Å². The van der Waals surface area contributed by atoms with Crippen molar-refractivity contribution < 1.29 is 13.2 Å². The first-order chi connectivity index (χ1) is 6.67. The van der Waals surface area contributed by atoms with E-state index in [-0.39, 0.29) is 11.8 Å². The van der Waals surface area contributed by atoms with Crippen LogP contribution in [0.25, 0.3) is 0 Å². The molecule has 15 heavy (non-hydrogen) atoms. The van der Waals surface area contributed by atoms with E-state index >= 15 is 0 Å². The third kappa shape index (κ3) is 1.47. The Morgan fingerprint density at radius 2 is 1.60 bits per heavy atom. The number of amides is 1. The molecule has 0 radical (unpaired) electrons. The van der Waals surface area contributed by atoms with E-state index in [0.29, 0.717) is 0 Å². The molecule has 1 amide bonds. The number of hydrogen-bond acceptors (Lipinski definition) is 3. The van der Waals surface area contributed by atoms with Crippen molar-refractivity contribution in [3.8, 4) is 0 Å². The first kappa shape index (κ1) is 12.4. The van der Waals surface area contributed by atoms with Crippen molar-refractivity contribution in [1.29, 1.82) is 0 Å². The van der Waals surface area contributed by atoms with Gasteiger partial charge in [0.05, 0.1) is 0 Å². The third-order valence-corrected chi connectivity index (χ3v) is 4.69. The first-order valence-electron chi connectivity index (χ1n) is 4.98. The molecule has 0 spiro atoms. The quantitative estimate of drug-likeness (QED) is 0.749. The van der Waals surface area contributed by atoms with E-state index in [0.717, 1.165) is 4.31 Å². The van der Waals surface area contributed by atoms with E-state index in [1.807, 2.05) is 27.7 Å². The van der Waals surface area contributed by atoms with E-state index in [9.17, 15) is 13.2 Å². The molecule has 0 bridgehead atoms. The number of carbonyl (C=O) groups is 1. The summed E-state index contributed by atoms with van der Waals surface area (Å²) < 4.78 is 26.4. The summed E-state index contributed by atoms with van der Waals surface area (Å²) in [6.45, 7) is 7.43. The van der Waals surface area contributed by atoms with Gasteiger partial charge < -0.3 is 0 Å². The highest BCUT2D eigenvalue weighted by atomic mass is 32.2. The molecule has 1 fully saturated rings. The Kier molecular flexibility index (Phi) is 2.86. The minimum Gasteiger partial charge on any atom is -0.272 e. The van der Waals surface area contributed by atoms with Gasteiger partial charge in [-0.1, -0.05) is 27.7 Å². The monoisotopic (exact) mass is 234 g/mol. The zero-order chi connectivity index (χ0) is 12.0. The SMILES string of the molecule is CC(C)C1(C(C)C)C(=O)NS(=O)(=O)N1C. The summed E-state index contributed by atoms with van der Waals surface area (Å²) >= 11 is 0. The summed E-state index contributed by atoms with van der Waals surface area (Å²) in [6.07, 6.45) is 0. The van der Waals surface area contributed by atoms with Gasteiger partial charge in [-0.15, -0.1) is 0 Å². The van der Waals surface area contributed by atoms with Crippen LogP contribution >= 0.6 is 0 Å². The van der Waals surface area contributed by atoms with Crippen LogP contribution in [-0.4, -0.2) is 31.2 Å². The van der Waals surface area contributed by atoms with Crippen molar-refractivity contribution >= 4 is 16.1 Å². The molecule has 0 aliphatic carbocycles. The van der Waals surface area contributed by atoms with E-state index < -0.39 is 21.7 Å². The zero-order valence-corrected chi connectivity index (χ0v) is 10.6. The molecular formula is C9H18N2O3S. The lowest BCUT2D eigenvalue weighted by Gasteiger charge is -2.38. The van der Waals surface area contributed by atoms with Gasteiger partial charge in [0, 0.05) is 7.05 Å². The largest absolute Gasteiger partial charge is 0.304 e. The summed E-state index contributed by atoms with van der Waals surface area (Å²) in [5, 5.41) is 0. The highest BCUT2D eigenvalue weighted by Gasteiger charge is 2.58. The molecule has 0 atom stereocenters. The molecule has 1 aliphatic rings. The van der Waals surface area contributed by atoms with Crippen LogP contribution in [0.15, 0.2) is 0 Å². The van der Waals surface area contributed by atoms with Gasteiger partial charge >= 0.3 is 10.2 Å². The Balaban J connectivity index is 3.38. The van der Waals surface area contributed by atoms with Gasteiger partial charge in [0.2, 0.25) is 0 Å². The standard InChI is InChI=1S/C9H18N2O3S/c1-6(2)9(7(3)4)8(12)10-15(13,14)11(9)5/h6-7H,1-5H3,(H,10,12). The zero-order valence-electron chi connectivity index (χ0n) is 9.73. The second-order valence-corrected chi connectivity index (χ2v) is 6.24. The molecule has 1 heterocycles. The molecular weight excluding hydrogens is 216 g/mol. The summed E-state index contributed by atoms with van der Waals surface area (Å²) in [7, 11) is -2.19. The molecule has 1 rings (SSSR count). The number of rotatable bonds is 2. The molecule has 0 aromatic rings. The summed E-state index contributed by atoms with van der Waals surface area (Å²) in [5.41, 5.74) is -0.959. The van der Waals surface area contributed by atoms with Crippen molar-refractivity contribution in [2.24, 2.45) is 11.8 Å². The van der Waals surface area contributed by atoms with Crippen molar-refractivity contribution in [2.75, 3.05) is 7.05 Å². The molecule has 1 N–H and O–H groups in total. The number of nitrogens with one attached hydrogen (secondary N) is 1. The second-order valence-electron chi connectivity index (χ2n) is 4.54. The number of hydrogen-bond donors (Lipinski definition) is 1. The lowest BCUT2D eigenvalue weighted by Crippen LogP contribution is -2.56. The van der Waals surface area contributed by atoms with Gasteiger partial charge in [-0.2, -0.15) is 12.7 Å². The highest BCUT2D eigenvalue weighted by Crippen LogP contribution is 2.37. The average Bonchev–Trinajstić information content (AvgIpc) is 2.18. The molecule has 1 aliphatic heterocycles. The van der Waals surface area contributed by atoms with E-state index in [1.165, 1.54) is 7.05 Å². The molecule has 0 aromatic carbocycles. The van der Waals surface area contributed by atoms with Gasteiger partial charge in [0.1, 0.15) is 5.54 Å². The van der Waals surface area contributed by atoms with Crippen LogP contribution in [0.2, 0.25) is 0 Å². The molecule has 88 valence electrons. The number of likely N-dealkylation sites (N-methyl/N-ethyl adjacent to an activating group) is 1. The van der Waals surface area contributed by atoms with Gasteiger partial charge in [0.15, 0.2) is 0 Å². The van der Waals surface area contributed by atoms with Crippen LogP contribution in [0, 0.1) is 11.8 Å². The minimum absolute atomic E-state index is 0.0697. The van der Waals surface area contributed by atoms with Crippen molar-refractivity contribution in [2.45, 2.75) is 33.2 Å². The van der Waals surface area contributed by atoms with Crippen LogP contribution in [0.3, 0.4) is 0 Å². The molecule has 5 nitrogen and oxygen atoms in total. The maximum Gasteiger partial charge on any atom is 0.304 e.